The number of aromatic nitrogens is 1. The smallest absolute Gasteiger partial charge is 0.0898 e. The van der Waals surface area contributed by atoms with E-state index in [1.54, 1.807) is 11.3 Å². The monoisotopic (exact) mass is 310 g/mol. The van der Waals surface area contributed by atoms with E-state index in [0.29, 0.717) is 0 Å². The maximum atomic E-state index is 4.48. The van der Waals surface area contributed by atoms with Gasteiger partial charge in [-0.1, -0.05) is 28.1 Å². The zero-order chi connectivity index (χ0) is 12.3. The molecule has 0 bridgehead atoms. The largest absolute Gasteiger partial charge is 0.369 e. The van der Waals surface area contributed by atoms with Gasteiger partial charge in [0.15, 0.2) is 0 Å². The molecule has 1 heterocycles. The zero-order valence-electron chi connectivity index (χ0n) is 9.98. The molecule has 0 saturated carbocycles. The molecular formula is C13H15BrN2S. The van der Waals surface area contributed by atoms with E-state index in [0.717, 1.165) is 22.6 Å². The summed E-state index contributed by atoms with van der Waals surface area (Å²) < 4.78 is 0. The van der Waals surface area contributed by atoms with Crippen molar-refractivity contribution < 1.29 is 0 Å². The summed E-state index contributed by atoms with van der Waals surface area (Å²) in [4.78, 5) is 6.69. The Hall–Kier alpha value is -0.870. The van der Waals surface area contributed by atoms with Crippen molar-refractivity contribution in [2.75, 3.05) is 11.9 Å². The summed E-state index contributed by atoms with van der Waals surface area (Å²) >= 11 is 5.16. The van der Waals surface area contributed by atoms with E-state index in [9.17, 15) is 0 Å². The van der Waals surface area contributed by atoms with Crippen LogP contribution in [-0.4, -0.2) is 12.0 Å². The number of alkyl halides is 1. The second kappa shape index (κ2) is 5.65. The number of thiazole rings is 1. The second-order valence-corrected chi connectivity index (χ2v) is 5.64. The summed E-state index contributed by atoms with van der Waals surface area (Å²) in [5.41, 5.74) is 3.66. The molecule has 0 N–H and O–H groups in total. The number of nitrogens with zero attached hydrogens (tertiary/aromatic N) is 2. The molecule has 0 unspecified atom stereocenters. The molecule has 1 aromatic carbocycles. The van der Waals surface area contributed by atoms with Crippen molar-refractivity contribution in [3.05, 3.63) is 45.9 Å². The molecule has 0 fully saturated rings. The van der Waals surface area contributed by atoms with Crippen LogP contribution in [0.5, 0.6) is 0 Å². The summed E-state index contributed by atoms with van der Waals surface area (Å²) in [6.07, 6.45) is 0. The van der Waals surface area contributed by atoms with E-state index in [1.807, 2.05) is 6.92 Å². The highest BCUT2D eigenvalue weighted by molar-refractivity contribution is 9.08. The molecule has 4 heteroatoms. The number of hydrogen-bond acceptors (Lipinski definition) is 3. The summed E-state index contributed by atoms with van der Waals surface area (Å²) in [6.45, 7) is 2.90. The van der Waals surface area contributed by atoms with E-state index >= 15 is 0 Å². The molecule has 2 nitrogen and oxygen atoms in total. The number of halogens is 1. The Kier molecular flexibility index (Phi) is 4.18. The van der Waals surface area contributed by atoms with Gasteiger partial charge in [0.2, 0.25) is 0 Å². The van der Waals surface area contributed by atoms with Gasteiger partial charge in [0.1, 0.15) is 0 Å². The lowest BCUT2D eigenvalue weighted by Gasteiger charge is -2.18. The Morgan fingerprint density at radius 3 is 2.53 bits per heavy atom. The molecule has 0 radical (unpaired) electrons. The van der Waals surface area contributed by atoms with Gasteiger partial charge in [0.05, 0.1) is 17.2 Å². The van der Waals surface area contributed by atoms with Crippen molar-refractivity contribution in [1.82, 2.24) is 4.98 Å². The van der Waals surface area contributed by atoms with Crippen LogP contribution in [0.25, 0.3) is 0 Å². The minimum absolute atomic E-state index is 0.859. The average molecular weight is 311 g/mol. The van der Waals surface area contributed by atoms with Gasteiger partial charge in [-0.2, -0.15) is 0 Å². The number of hydrogen-bond donors (Lipinski definition) is 0. The van der Waals surface area contributed by atoms with E-state index in [-0.39, 0.29) is 0 Å². The molecule has 0 atom stereocenters. The SMILES string of the molecule is Cc1nc(CN(C)c2ccc(CBr)cc2)cs1. The van der Waals surface area contributed by atoms with Gasteiger partial charge < -0.3 is 4.90 Å². The van der Waals surface area contributed by atoms with Crippen molar-refractivity contribution in [2.45, 2.75) is 18.8 Å². The number of anilines is 1. The summed E-state index contributed by atoms with van der Waals surface area (Å²) in [6, 6.07) is 8.59. The summed E-state index contributed by atoms with van der Waals surface area (Å²) in [7, 11) is 2.10. The third kappa shape index (κ3) is 3.30. The standard InChI is InChI=1S/C13H15BrN2S/c1-10-15-12(9-17-10)8-16(2)13-5-3-11(7-14)4-6-13/h3-6,9H,7-8H2,1-2H3. The van der Waals surface area contributed by atoms with Gasteiger partial charge >= 0.3 is 0 Å². The summed E-state index contributed by atoms with van der Waals surface area (Å²) in [5, 5.41) is 4.16. The van der Waals surface area contributed by atoms with Crippen LogP contribution in [0.2, 0.25) is 0 Å². The van der Waals surface area contributed by atoms with Crippen molar-refractivity contribution >= 4 is 33.0 Å². The van der Waals surface area contributed by atoms with Gasteiger partial charge in [0.25, 0.3) is 0 Å². The molecule has 0 aliphatic heterocycles. The third-order valence-electron chi connectivity index (χ3n) is 2.60. The number of aryl methyl sites for hydroxylation is 1. The highest BCUT2D eigenvalue weighted by Crippen LogP contribution is 2.18. The predicted octanol–water partition coefficient (Wildman–Crippen LogP) is 3.98. The quantitative estimate of drug-likeness (QED) is 0.794. The molecule has 0 aliphatic rings. The Labute approximate surface area is 114 Å². The lowest BCUT2D eigenvalue weighted by atomic mass is 10.2. The molecule has 90 valence electrons. The van der Waals surface area contributed by atoms with Crippen molar-refractivity contribution in [2.24, 2.45) is 0 Å². The molecular weight excluding hydrogens is 296 g/mol. The lowest BCUT2D eigenvalue weighted by molar-refractivity contribution is 0.890. The fourth-order valence-corrected chi connectivity index (χ4v) is 2.63. The van der Waals surface area contributed by atoms with Crippen LogP contribution in [0.1, 0.15) is 16.3 Å². The molecule has 0 spiro atoms. The Balaban J connectivity index is 2.06. The fraction of sp³-hybridized carbons (Fsp3) is 0.308. The first-order valence-electron chi connectivity index (χ1n) is 5.46. The Morgan fingerprint density at radius 2 is 2.00 bits per heavy atom. The molecule has 2 aromatic rings. The first-order chi connectivity index (χ1) is 8.19. The molecule has 17 heavy (non-hydrogen) atoms. The predicted molar refractivity (Wildman–Crippen MR) is 78.0 cm³/mol. The van der Waals surface area contributed by atoms with Crippen LogP contribution >= 0.6 is 27.3 Å². The number of benzene rings is 1. The first-order valence-corrected chi connectivity index (χ1v) is 7.46. The molecule has 0 saturated heterocycles. The van der Waals surface area contributed by atoms with Crippen LogP contribution < -0.4 is 4.90 Å². The van der Waals surface area contributed by atoms with Crippen molar-refractivity contribution in [3.8, 4) is 0 Å². The van der Waals surface area contributed by atoms with Crippen LogP contribution in [-0.2, 0) is 11.9 Å². The fourth-order valence-electron chi connectivity index (χ4n) is 1.65. The van der Waals surface area contributed by atoms with Gasteiger partial charge in [-0.3, -0.25) is 0 Å². The van der Waals surface area contributed by atoms with Gasteiger partial charge in [0, 0.05) is 23.4 Å². The maximum Gasteiger partial charge on any atom is 0.0898 e. The second-order valence-electron chi connectivity index (χ2n) is 4.01. The number of rotatable bonds is 4. The lowest BCUT2D eigenvalue weighted by Crippen LogP contribution is -2.16. The van der Waals surface area contributed by atoms with Crippen LogP contribution in [0.4, 0.5) is 5.69 Å². The average Bonchev–Trinajstić information content (AvgIpc) is 2.75. The topological polar surface area (TPSA) is 16.1 Å². The molecule has 0 amide bonds. The third-order valence-corrected chi connectivity index (χ3v) is 4.07. The van der Waals surface area contributed by atoms with Crippen LogP contribution in [0.15, 0.2) is 29.6 Å². The van der Waals surface area contributed by atoms with Gasteiger partial charge in [-0.25, -0.2) is 4.98 Å². The van der Waals surface area contributed by atoms with Crippen molar-refractivity contribution in [1.29, 1.82) is 0 Å². The molecule has 2 rings (SSSR count). The minimum atomic E-state index is 0.859. The van der Waals surface area contributed by atoms with Crippen LogP contribution in [0, 0.1) is 6.92 Å². The maximum absolute atomic E-state index is 4.48. The molecule has 1 aromatic heterocycles. The molecule has 0 aliphatic carbocycles. The van der Waals surface area contributed by atoms with Gasteiger partial charge in [-0.05, 0) is 24.6 Å². The highest BCUT2D eigenvalue weighted by atomic mass is 79.9. The van der Waals surface area contributed by atoms with E-state index in [4.69, 9.17) is 0 Å². The Bertz CT molecular complexity index is 478. The van der Waals surface area contributed by atoms with Gasteiger partial charge in [-0.15, -0.1) is 11.3 Å². The van der Waals surface area contributed by atoms with E-state index in [2.05, 4.69) is 62.5 Å². The van der Waals surface area contributed by atoms with E-state index in [1.165, 1.54) is 11.3 Å². The normalized spacial score (nSPS) is 10.5. The highest BCUT2D eigenvalue weighted by Gasteiger charge is 2.04. The summed E-state index contributed by atoms with van der Waals surface area (Å²) in [5.74, 6) is 0. The minimum Gasteiger partial charge on any atom is -0.369 e. The van der Waals surface area contributed by atoms with Crippen molar-refractivity contribution in [3.63, 3.8) is 0 Å². The first kappa shape index (κ1) is 12.6. The zero-order valence-corrected chi connectivity index (χ0v) is 12.4. The van der Waals surface area contributed by atoms with Crippen LogP contribution in [0.3, 0.4) is 0 Å². The van der Waals surface area contributed by atoms with E-state index < -0.39 is 0 Å². The Morgan fingerprint density at radius 1 is 1.29 bits per heavy atom.